The molecule has 0 bridgehead atoms. The number of methoxy groups -OCH3 is 1. The standard InChI is InChI=1S/C15H25NO5/c1-13(2,3)21-12(18)16-7-5-6-14(10-16)8-15(19,9-14)11(17)20-4/h19H,5-10H2,1-4H3. The third-order valence-electron chi connectivity index (χ3n) is 4.21. The summed E-state index contributed by atoms with van der Waals surface area (Å²) in [4.78, 5) is 25.4. The summed E-state index contributed by atoms with van der Waals surface area (Å²) in [5.41, 5.74) is -2.09. The Balaban J connectivity index is 1.97. The molecule has 0 unspecified atom stereocenters. The van der Waals surface area contributed by atoms with Crippen LogP contribution < -0.4 is 0 Å². The van der Waals surface area contributed by atoms with Gasteiger partial charge in [-0.2, -0.15) is 0 Å². The van der Waals surface area contributed by atoms with Crippen molar-refractivity contribution in [3.8, 4) is 0 Å². The van der Waals surface area contributed by atoms with E-state index in [4.69, 9.17) is 4.74 Å². The Morgan fingerprint density at radius 3 is 2.38 bits per heavy atom. The zero-order valence-corrected chi connectivity index (χ0v) is 13.3. The number of likely N-dealkylation sites (tertiary alicyclic amines) is 1. The predicted molar refractivity (Wildman–Crippen MR) is 75.7 cm³/mol. The number of ether oxygens (including phenoxy) is 2. The minimum Gasteiger partial charge on any atom is -0.467 e. The minimum absolute atomic E-state index is 0.182. The molecule has 2 aliphatic rings. The highest BCUT2D eigenvalue weighted by Gasteiger charge is 2.60. The van der Waals surface area contributed by atoms with Gasteiger partial charge in [0.2, 0.25) is 0 Å². The Kier molecular flexibility index (Phi) is 3.95. The largest absolute Gasteiger partial charge is 0.467 e. The average molecular weight is 299 g/mol. The van der Waals surface area contributed by atoms with Crippen LogP contribution in [0.3, 0.4) is 0 Å². The topological polar surface area (TPSA) is 76.1 Å². The summed E-state index contributed by atoms with van der Waals surface area (Å²) in [5, 5.41) is 10.2. The van der Waals surface area contributed by atoms with Gasteiger partial charge in [-0.05, 0) is 51.9 Å². The summed E-state index contributed by atoms with van der Waals surface area (Å²) < 4.78 is 10.0. The number of carbonyl (C=O) groups is 2. The first-order valence-corrected chi connectivity index (χ1v) is 7.38. The van der Waals surface area contributed by atoms with Gasteiger partial charge in [-0.15, -0.1) is 0 Å². The number of rotatable bonds is 1. The highest BCUT2D eigenvalue weighted by atomic mass is 16.6. The Morgan fingerprint density at radius 2 is 1.86 bits per heavy atom. The second kappa shape index (κ2) is 5.16. The van der Waals surface area contributed by atoms with Crippen molar-refractivity contribution in [1.29, 1.82) is 0 Å². The van der Waals surface area contributed by atoms with E-state index < -0.39 is 17.2 Å². The first-order chi connectivity index (χ1) is 9.59. The van der Waals surface area contributed by atoms with Gasteiger partial charge in [-0.1, -0.05) is 0 Å². The van der Waals surface area contributed by atoms with Gasteiger partial charge in [0.1, 0.15) is 5.60 Å². The quantitative estimate of drug-likeness (QED) is 0.746. The Bertz CT molecular complexity index is 434. The van der Waals surface area contributed by atoms with E-state index >= 15 is 0 Å². The molecule has 2 rings (SSSR count). The van der Waals surface area contributed by atoms with Crippen molar-refractivity contribution in [1.82, 2.24) is 4.90 Å². The highest BCUT2D eigenvalue weighted by Crippen LogP contribution is 2.54. The fourth-order valence-corrected chi connectivity index (χ4v) is 3.50. The Hall–Kier alpha value is -1.30. The molecule has 0 atom stereocenters. The fourth-order valence-electron chi connectivity index (χ4n) is 3.50. The van der Waals surface area contributed by atoms with Crippen LogP contribution >= 0.6 is 0 Å². The number of piperidine rings is 1. The van der Waals surface area contributed by atoms with E-state index in [2.05, 4.69) is 4.74 Å². The Morgan fingerprint density at radius 1 is 1.24 bits per heavy atom. The first kappa shape index (κ1) is 16.1. The van der Waals surface area contributed by atoms with E-state index in [1.807, 2.05) is 20.8 Å². The van der Waals surface area contributed by atoms with Crippen molar-refractivity contribution in [2.75, 3.05) is 20.2 Å². The molecule has 0 radical (unpaired) electrons. The van der Waals surface area contributed by atoms with Crippen molar-refractivity contribution in [2.45, 2.75) is 57.7 Å². The van der Waals surface area contributed by atoms with Crippen LogP contribution in [-0.2, 0) is 14.3 Å². The van der Waals surface area contributed by atoms with Gasteiger partial charge in [0, 0.05) is 13.1 Å². The van der Waals surface area contributed by atoms with Gasteiger partial charge in [-0.3, -0.25) is 0 Å². The first-order valence-electron chi connectivity index (χ1n) is 7.38. The second-order valence-electron chi connectivity index (χ2n) is 7.38. The van der Waals surface area contributed by atoms with Gasteiger partial charge in [0.15, 0.2) is 5.60 Å². The molecule has 0 aromatic carbocycles. The molecular weight excluding hydrogens is 274 g/mol. The van der Waals surface area contributed by atoms with Crippen LogP contribution in [-0.4, -0.2) is 53.5 Å². The van der Waals surface area contributed by atoms with Crippen molar-refractivity contribution in [2.24, 2.45) is 5.41 Å². The third kappa shape index (κ3) is 3.31. The van der Waals surface area contributed by atoms with Crippen LogP contribution in [0.4, 0.5) is 4.79 Å². The van der Waals surface area contributed by atoms with Gasteiger partial charge in [-0.25, -0.2) is 9.59 Å². The molecule has 1 aliphatic carbocycles. The van der Waals surface area contributed by atoms with E-state index in [1.165, 1.54) is 7.11 Å². The van der Waals surface area contributed by atoms with E-state index in [1.54, 1.807) is 4.90 Å². The van der Waals surface area contributed by atoms with Crippen LogP contribution in [0, 0.1) is 5.41 Å². The molecule has 1 spiro atoms. The maximum absolute atomic E-state index is 12.1. The zero-order valence-electron chi connectivity index (χ0n) is 13.3. The lowest BCUT2D eigenvalue weighted by atomic mass is 9.56. The van der Waals surface area contributed by atoms with Gasteiger partial charge in [0.25, 0.3) is 0 Å². The second-order valence-corrected chi connectivity index (χ2v) is 7.38. The highest BCUT2D eigenvalue weighted by molar-refractivity contribution is 5.81. The lowest BCUT2D eigenvalue weighted by molar-refractivity contribution is -0.196. The molecule has 0 aromatic heterocycles. The van der Waals surface area contributed by atoms with Crippen molar-refractivity contribution < 1.29 is 24.2 Å². The summed E-state index contributed by atoms with van der Waals surface area (Å²) in [6, 6.07) is 0. The van der Waals surface area contributed by atoms with Crippen LogP contribution in [0.15, 0.2) is 0 Å². The maximum atomic E-state index is 12.1. The van der Waals surface area contributed by atoms with Crippen molar-refractivity contribution in [3.05, 3.63) is 0 Å². The number of carbonyl (C=O) groups excluding carboxylic acids is 2. The number of aliphatic hydroxyl groups is 1. The summed E-state index contributed by atoms with van der Waals surface area (Å²) in [5.74, 6) is -0.581. The van der Waals surface area contributed by atoms with Crippen LogP contribution in [0.5, 0.6) is 0 Å². The summed E-state index contributed by atoms with van der Waals surface area (Å²) >= 11 is 0. The van der Waals surface area contributed by atoms with Gasteiger partial charge in [0.05, 0.1) is 7.11 Å². The molecular formula is C15H25NO5. The SMILES string of the molecule is COC(=O)C1(O)CC2(CCCN(C(=O)OC(C)(C)C)C2)C1. The van der Waals surface area contributed by atoms with E-state index in [0.717, 1.165) is 12.8 Å². The molecule has 1 aliphatic heterocycles. The molecule has 1 heterocycles. The molecule has 120 valence electrons. The van der Waals surface area contributed by atoms with Crippen LogP contribution in [0.25, 0.3) is 0 Å². The average Bonchev–Trinajstić information content (AvgIpc) is 2.34. The predicted octanol–water partition coefficient (Wildman–Crippen LogP) is 1.70. The van der Waals surface area contributed by atoms with Crippen molar-refractivity contribution in [3.63, 3.8) is 0 Å². The molecule has 6 heteroatoms. The monoisotopic (exact) mass is 299 g/mol. The molecule has 0 aromatic rings. The molecule has 1 amide bonds. The van der Waals surface area contributed by atoms with E-state index in [9.17, 15) is 14.7 Å². The van der Waals surface area contributed by atoms with Gasteiger partial charge < -0.3 is 19.5 Å². The smallest absolute Gasteiger partial charge is 0.410 e. The summed E-state index contributed by atoms with van der Waals surface area (Å²) in [7, 11) is 1.28. The molecule has 1 saturated heterocycles. The number of hydrogen-bond acceptors (Lipinski definition) is 5. The number of nitrogens with zero attached hydrogens (tertiary/aromatic N) is 1. The summed E-state index contributed by atoms with van der Waals surface area (Å²) in [6.45, 7) is 6.70. The lowest BCUT2D eigenvalue weighted by Gasteiger charge is -2.55. The minimum atomic E-state index is -1.38. The van der Waals surface area contributed by atoms with E-state index in [-0.39, 0.29) is 11.5 Å². The van der Waals surface area contributed by atoms with Gasteiger partial charge >= 0.3 is 12.1 Å². The zero-order chi connectivity index (χ0) is 15.9. The molecule has 1 saturated carbocycles. The molecule has 6 nitrogen and oxygen atoms in total. The molecule has 1 N–H and O–H groups in total. The Labute approximate surface area is 125 Å². The normalized spacial score (nSPS) is 32.5. The lowest BCUT2D eigenvalue weighted by Crippen LogP contribution is -2.63. The summed E-state index contributed by atoms with van der Waals surface area (Å²) in [6.07, 6.45) is 2.15. The molecule has 2 fully saturated rings. The van der Waals surface area contributed by atoms with Crippen LogP contribution in [0.1, 0.15) is 46.5 Å². The maximum Gasteiger partial charge on any atom is 0.410 e. The van der Waals surface area contributed by atoms with Crippen molar-refractivity contribution >= 4 is 12.1 Å². The number of amides is 1. The third-order valence-corrected chi connectivity index (χ3v) is 4.21. The fraction of sp³-hybridized carbons (Fsp3) is 0.867. The number of hydrogen-bond donors (Lipinski definition) is 1. The molecule has 21 heavy (non-hydrogen) atoms. The van der Waals surface area contributed by atoms with E-state index in [0.29, 0.717) is 25.9 Å². The number of esters is 1. The van der Waals surface area contributed by atoms with Crippen LogP contribution in [0.2, 0.25) is 0 Å².